The van der Waals surface area contributed by atoms with Crippen molar-refractivity contribution in [2.24, 2.45) is 5.92 Å². The molecule has 118 valence electrons. The highest BCUT2D eigenvalue weighted by Crippen LogP contribution is 2.47. The fraction of sp³-hybridized carbons (Fsp3) is 0.824. The Balaban J connectivity index is 1.83. The summed E-state index contributed by atoms with van der Waals surface area (Å²) in [6.45, 7) is 9.34. The van der Waals surface area contributed by atoms with Crippen LogP contribution in [0.3, 0.4) is 0 Å². The molecule has 4 heteroatoms. The second kappa shape index (κ2) is 6.09. The van der Waals surface area contributed by atoms with Crippen molar-refractivity contribution in [3.63, 3.8) is 0 Å². The van der Waals surface area contributed by atoms with Crippen molar-refractivity contribution in [1.29, 1.82) is 0 Å². The van der Waals surface area contributed by atoms with Crippen LogP contribution in [-0.4, -0.2) is 28.5 Å². The van der Waals surface area contributed by atoms with E-state index in [0.29, 0.717) is 12.0 Å². The Labute approximate surface area is 128 Å². The van der Waals surface area contributed by atoms with Gasteiger partial charge in [-0.05, 0) is 64.5 Å². The van der Waals surface area contributed by atoms with Crippen molar-refractivity contribution in [1.82, 2.24) is 15.1 Å². The lowest BCUT2D eigenvalue weighted by Gasteiger charge is -2.48. The Morgan fingerprint density at radius 2 is 2.29 bits per heavy atom. The van der Waals surface area contributed by atoms with Gasteiger partial charge in [-0.25, -0.2) is 0 Å². The van der Waals surface area contributed by atoms with Crippen molar-refractivity contribution in [2.75, 3.05) is 13.2 Å². The van der Waals surface area contributed by atoms with Crippen LogP contribution in [0.1, 0.15) is 63.4 Å². The molecule has 1 saturated carbocycles. The minimum Gasteiger partial charge on any atom is -0.375 e. The first-order valence-corrected chi connectivity index (χ1v) is 8.59. The third kappa shape index (κ3) is 2.88. The first kappa shape index (κ1) is 15.0. The van der Waals surface area contributed by atoms with E-state index in [0.717, 1.165) is 31.8 Å². The van der Waals surface area contributed by atoms with Crippen LogP contribution in [0.25, 0.3) is 0 Å². The topological polar surface area (TPSA) is 39.1 Å². The minimum atomic E-state index is 0.211. The zero-order chi connectivity index (χ0) is 14.9. The molecule has 1 N–H and O–H groups in total. The molecule has 0 radical (unpaired) electrons. The van der Waals surface area contributed by atoms with Crippen molar-refractivity contribution in [3.8, 4) is 0 Å². The molecule has 2 fully saturated rings. The van der Waals surface area contributed by atoms with Crippen LogP contribution in [0.15, 0.2) is 6.07 Å². The fourth-order valence-corrected chi connectivity index (χ4v) is 4.07. The van der Waals surface area contributed by atoms with E-state index in [2.05, 4.69) is 41.9 Å². The van der Waals surface area contributed by atoms with Gasteiger partial charge in [0.1, 0.15) is 0 Å². The molecule has 1 aromatic rings. The van der Waals surface area contributed by atoms with E-state index < -0.39 is 0 Å². The summed E-state index contributed by atoms with van der Waals surface area (Å²) in [5, 5.41) is 8.37. The van der Waals surface area contributed by atoms with Crippen LogP contribution in [-0.2, 0) is 11.3 Å². The maximum atomic E-state index is 6.11. The molecule has 1 saturated heterocycles. The van der Waals surface area contributed by atoms with Gasteiger partial charge < -0.3 is 10.1 Å². The molecule has 2 aliphatic rings. The summed E-state index contributed by atoms with van der Waals surface area (Å²) in [6.07, 6.45) is 6.22. The number of ether oxygens (including phenoxy) is 1. The van der Waals surface area contributed by atoms with Gasteiger partial charge in [-0.1, -0.05) is 6.92 Å². The fourth-order valence-electron chi connectivity index (χ4n) is 4.07. The van der Waals surface area contributed by atoms with Crippen LogP contribution >= 0.6 is 0 Å². The number of nitrogens with zero attached hydrogens (tertiary/aromatic N) is 2. The first-order valence-electron chi connectivity index (χ1n) is 8.59. The van der Waals surface area contributed by atoms with Gasteiger partial charge in [0.15, 0.2) is 0 Å². The Morgan fingerprint density at radius 3 is 2.90 bits per heavy atom. The van der Waals surface area contributed by atoms with Gasteiger partial charge in [0.2, 0.25) is 0 Å². The van der Waals surface area contributed by atoms with Gasteiger partial charge in [0.05, 0.1) is 23.0 Å². The van der Waals surface area contributed by atoms with Gasteiger partial charge in [0.25, 0.3) is 0 Å². The molecule has 1 aliphatic carbocycles. The molecule has 4 nitrogen and oxygen atoms in total. The average Bonchev–Trinajstić information content (AvgIpc) is 2.84. The first-order chi connectivity index (χ1) is 10.2. The standard InChI is InChI=1S/C17H29N3O/c1-4-18-16(15-11-13(3)19-20(15)5-2)14-7-10-21-17(12-14)8-6-9-17/h11,14,16,18H,4-10,12H2,1-3H3. The number of hydrogen-bond donors (Lipinski definition) is 1. The normalized spacial score (nSPS) is 25.8. The van der Waals surface area contributed by atoms with E-state index in [9.17, 15) is 0 Å². The SMILES string of the molecule is CCNC(c1cc(C)nn1CC)C1CCOC2(CCC2)C1. The molecule has 2 unspecified atom stereocenters. The second-order valence-electron chi connectivity index (χ2n) is 6.70. The van der Waals surface area contributed by atoms with E-state index in [-0.39, 0.29) is 5.60 Å². The molecule has 1 aliphatic heterocycles. The van der Waals surface area contributed by atoms with E-state index >= 15 is 0 Å². The monoisotopic (exact) mass is 291 g/mol. The molecular formula is C17H29N3O. The number of aryl methyl sites for hydroxylation is 2. The van der Waals surface area contributed by atoms with E-state index in [1.54, 1.807) is 0 Å². The zero-order valence-corrected chi connectivity index (χ0v) is 13.7. The molecule has 1 spiro atoms. The molecule has 3 rings (SSSR count). The summed E-state index contributed by atoms with van der Waals surface area (Å²) in [5.74, 6) is 0.667. The molecule has 2 heterocycles. The lowest BCUT2D eigenvalue weighted by Crippen LogP contribution is -2.48. The third-order valence-electron chi connectivity index (χ3n) is 5.24. The van der Waals surface area contributed by atoms with Crippen molar-refractivity contribution < 1.29 is 4.74 Å². The number of hydrogen-bond acceptors (Lipinski definition) is 3. The van der Waals surface area contributed by atoms with Crippen molar-refractivity contribution >= 4 is 0 Å². The Bertz CT molecular complexity index is 478. The summed E-state index contributed by atoms with van der Waals surface area (Å²) >= 11 is 0. The molecule has 0 bridgehead atoms. The molecular weight excluding hydrogens is 262 g/mol. The maximum absolute atomic E-state index is 6.11. The summed E-state index contributed by atoms with van der Waals surface area (Å²) in [6, 6.07) is 2.68. The Kier molecular flexibility index (Phi) is 4.36. The molecule has 1 aromatic heterocycles. The van der Waals surface area contributed by atoms with E-state index in [1.807, 2.05) is 0 Å². The van der Waals surface area contributed by atoms with Gasteiger partial charge >= 0.3 is 0 Å². The minimum absolute atomic E-state index is 0.211. The van der Waals surface area contributed by atoms with Crippen molar-refractivity contribution in [3.05, 3.63) is 17.5 Å². The van der Waals surface area contributed by atoms with Gasteiger partial charge in [-0.2, -0.15) is 5.10 Å². The summed E-state index contributed by atoms with van der Waals surface area (Å²) < 4.78 is 8.28. The highest BCUT2D eigenvalue weighted by atomic mass is 16.5. The van der Waals surface area contributed by atoms with Crippen LogP contribution in [0.2, 0.25) is 0 Å². The van der Waals surface area contributed by atoms with Crippen LogP contribution < -0.4 is 5.32 Å². The van der Waals surface area contributed by atoms with Crippen LogP contribution in [0, 0.1) is 12.8 Å². The maximum Gasteiger partial charge on any atom is 0.0686 e. The zero-order valence-electron chi connectivity index (χ0n) is 13.7. The van der Waals surface area contributed by atoms with E-state index in [1.165, 1.54) is 31.4 Å². The highest BCUT2D eigenvalue weighted by Gasteiger charge is 2.44. The second-order valence-corrected chi connectivity index (χ2v) is 6.70. The number of rotatable bonds is 5. The number of nitrogens with one attached hydrogen (secondary N) is 1. The summed E-state index contributed by atoms with van der Waals surface area (Å²) in [5.41, 5.74) is 2.70. The smallest absolute Gasteiger partial charge is 0.0686 e. The molecule has 2 atom stereocenters. The highest BCUT2D eigenvalue weighted by molar-refractivity contribution is 5.15. The predicted molar refractivity (Wildman–Crippen MR) is 84.3 cm³/mol. The summed E-state index contributed by atoms with van der Waals surface area (Å²) in [4.78, 5) is 0. The Hall–Kier alpha value is -0.870. The van der Waals surface area contributed by atoms with Crippen LogP contribution in [0.5, 0.6) is 0 Å². The van der Waals surface area contributed by atoms with Gasteiger partial charge in [0, 0.05) is 13.2 Å². The largest absolute Gasteiger partial charge is 0.375 e. The molecule has 0 amide bonds. The summed E-state index contributed by atoms with van der Waals surface area (Å²) in [7, 11) is 0. The number of aromatic nitrogens is 2. The van der Waals surface area contributed by atoms with Gasteiger partial charge in [-0.15, -0.1) is 0 Å². The average molecular weight is 291 g/mol. The molecule has 21 heavy (non-hydrogen) atoms. The predicted octanol–water partition coefficient (Wildman–Crippen LogP) is 3.21. The lowest BCUT2D eigenvalue weighted by atomic mass is 9.70. The lowest BCUT2D eigenvalue weighted by molar-refractivity contribution is -0.147. The third-order valence-corrected chi connectivity index (χ3v) is 5.24. The van der Waals surface area contributed by atoms with E-state index in [4.69, 9.17) is 4.74 Å². The van der Waals surface area contributed by atoms with Crippen molar-refractivity contribution in [2.45, 2.75) is 71.1 Å². The van der Waals surface area contributed by atoms with Crippen LogP contribution in [0.4, 0.5) is 0 Å². The van der Waals surface area contributed by atoms with Gasteiger partial charge in [-0.3, -0.25) is 4.68 Å². The quantitative estimate of drug-likeness (QED) is 0.905. The molecule has 0 aromatic carbocycles. The Morgan fingerprint density at radius 1 is 1.48 bits per heavy atom.